The lowest BCUT2D eigenvalue weighted by molar-refractivity contribution is -0.129. The van der Waals surface area contributed by atoms with Crippen molar-refractivity contribution in [2.75, 3.05) is 24.5 Å². The topological polar surface area (TPSA) is 132 Å². The smallest absolute Gasteiger partial charge is 0.342 e. The lowest BCUT2D eigenvalue weighted by Gasteiger charge is -2.21. The molecule has 35 heavy (non-hydrogen) atoms. The van der Waals surface area contributed by atoms with Gasteiger partial charge in [0.1, 0.15) is 11.4 Å². The molecule has 2 heterocycles. The summed E-state index contributed by atoms with van der Waals surface area (Å²) in [5.74, 6) is -0.427. The number of para-hydroxylation sites is 1. The number of amides is 1. The zero-order valence-corrected chi connectivity index (χ0v) is 20.3. The number of nitrogens with one attached hydrogen (secondary N) is 1. The van der Waals surface area contributed by atoms with E-state index in [1.165, 1.54) is 19.1 Å². The average molecular weight is 497 g/mol. The summed E-state index contributed by atoms with van der Waals surface area (Å²) in [6.45, 7) is 3.46. The maximum absolute atomic E-state index is 13.1. The molecule has 1 aliphatic heterocycles. The van der Waals surface area contributed by atoms with E-state index in [2.05, 4.69) is 10.2 Å². The molecule has 1 atom stereocenters. The van der Waals surface area contributed by atoms with E-state index in [1.54, 1.807) is 18.2 Å². The Labute approximate surface area is 204 Å². The molecule has 3 aromatic rings. The minimum atomic E-state index is -3.75. The van der Waals surface area contributed by atoms with Gasteiger partial charge in [-0.25, -0.2) is 23.3 Å². The van der Waals surface area contributed by atoms with Crippen LogP contribution in [-0.2, 0) is 26.0 Å². The first-order chi connectivity index (χ1) is 16.7. The van der Waals surface area contributed by atoms with Crippen molar-refractivity contribution in [2.24, 2.45) is 5.14 Å². The number of pyridine rings is 1. The summed E-state index contributed by atoms with van der Waals surface area (Å²) >= 11 is 0. The van der Waals surface area contributed by atoms with Crippen molar-refractivity contribution in [2.45, 2.75) is 37.2 Å². The number of carbonyl (C=O) groups is 2. The molecule has 0 spiro atoms. The van der Waals surface area contributed by atoms with Crippen LogP contribution in [0.1, 0.15) is 35.7 Å². The van der Waals surface area contributed by atoms with Crippen molar-refractivity contribution >= 4 is 38.6 Å². The molecule has 0 saturated carbocycles. The molecule has 184 valence electrons. The van der Waals surface area contributed by atoms with Crippen LogP contribution in [0.5, 0.6) is 0 Å². The van der Waals surface area contributed by atoms with Crippen LogP contribution in [0.4, 0.5) is 5.82 Å². The Hall–Kier alpha value is -3.50. The van der Waals surface area contributed by atoms with Gasteiger partial charge >= 0.3 is 5.97 Å². The van der Waals surface area contributed by atoms with E-state index in [9.17, 15) is 18.0 Å². The van der Waals surface area contributed by atoms with Crippen LogP contribution in [0.2, 0.25) is 0 Å². The Morgan fingerprint density at radius 3 is 2.49 bits per heavy atom. The van der Waals surface area contributed by atoms with Gasteiger partial charge in [0.05, 0.1) is 10.4 Å². The van der Waals surface area contributed by atoms with Crippen LogP contribution in [-0.4, -0.2) is 51.0 Å². The number of carbonyl (C=O) groups excluding carboxylic acids is 2. The number of nitrogens with zero attached hydrogens (tertiary/aromatic N) is 2. The summed E-state index contributed by atoms with van der Waals surface area (Å²) in [7, 11) is -3.75. The van der Waals surface area contributed by atoms with Crippen molar-refractivity contribution in [1.29, 1.82) is 0 Å². The zero-order valence-electron chi connectivity index (χ0n) is 19.4. The van der Waals surface area contributed by atoms with E-state index in [1.807, 2.05) is 24.3 Å². The average Bonchev–Trinajstić information content (AvgIpc) is 3.38. The summed E-state index contributed by atoms with van der Waals surface area (Å²) in [4.78, 5) is 32.4. The SMILES string of the molecule is CC(OC(=O)c1cc2ccccc2nc1N1CCCC1)C(=O)NCCc1ccc(S(N)(=O)=O)cc1. The number of hydrogen-bond acceptors (Lipinski definition) is 7. The quantitative estimate of drug-likeness (QED) is 0.458. The molecule has 1 amide bonds. The van der Waals surface area contributed by atoms with E-state index in [0.717, 1.165) is 42.4 Å². The lowest BCUT2D eigenvalue weighted by atomic mass is 10.1. The van der Waals surface area contributed by atoms with E-state index in [4.69, 9.17) is 14.9 Å². The molecule has 0 aliphatic carbocycles. The van der Waals surface area contributed by atoms with Gasteiger partial charge in [-0.2, -0.15) is 0 Å². The molecule has 1 aliphatic rings. The summed E-state index contributed by atoms with van der Waals surface area (Å²) in [5.41, 5.74) is 1.98. The minimum Gasteiger partial charge on any atom is -0.449 e. The van der Waals surface area contributed by atoms with Gasteiger partial charge in [-0.15, -0.1) is 0 Å². The number of benzene rings is 2. The molecule has 1 fully saturated rings. The zero-order chi connectivity index (χ0) is 25.0. The Balaban J connectivity index is 1.38. The van der Waals surface area contributed by atoms with Gasteiger partial charge in [0, 0.05) is 25.0 Å². The number of ether oxygens (including phenoxy) is 1. The highest BCUT2D eigenvalue weighted by molar-refractivity contribution is 7.89. The van der Waals surface area contributed by atoms with Gasteiger partial charge < -0.3 is 15.0 Å². The lowest BCUT2D eigenvalue weighted by Crippen LogP contribution is -2.37. The second-order valence-electron chi connectivity index (χ2n) is 8.52. The van der Waals surface area contributed by atoms with Gasteiger partial charge in [-0.1, -0.05) is 30.3 Å². The molecule has 1 aromatic heterocycles. The van der Waals surface area contributed by atoms with Crippen LogP contribution in [0.15, 0.2) is 59.5 Å². The fourth-order valence-corrected chi connectivity index (χ4v) is 4.54. The maximum atomic E-state index is 13.1. The molecule has 1 unspecified atom stereocenters. The fourth-order valence-electron chi connectivity index (χ4n) is 4.02. The highest BCUT2D eigenvalue weighted by Gasteiger charge is 2.26. The third-order valence-electron chi connectivity index (χ3n) is 5.95. The molecule has 2 aromatic carbocycles. The third kappa shape index (κ3) is 5.95. The van der Waals surface area contributed by atoms with Gasteiger partial charge in [-0.05, 0) is 56.0 Å². The van der Waals surface area contributed by atoms with Crippen molar-refractivity contribution in [3.63, 3.8) is 0 Å². The van der Waals surface area contributed by atoms with E-state index in [0.29, 0.717) is 24.3 Å². The van der Waals surface area contributed by atoms with Gasteiger partial charge in [0.25, 0.3) is 5.91 Å². The standard InChI is InChI=1S/C25H28N4O5S/c1-17(24(30)27-13-12-18-8-10-20(11-9-18)35(26,32)33)34-25(31)21-16-19-6-2-3-7-22(19)28-23(21)29-14-4-5-15-29/h2-3,6-11,16-17H,4-5,12-15H2,1H3,(H,27,30)(H2,26,32,33). The van der Waals surface area contributed by atoms with Crippen LogP contribution in [0, 0.1) is 0 Å². The number of fused-ring (bicyclic) bond motifs is 1. The summed E-state index contributed by atoms with van der Waals surface area (Å²) < 4.78 is 28.2. The predicted octanol–water partition coefficient (Wildman–Crippen LogP) is 2.39. The van der Waals surface area contributed by atoms with E-state index < -0.39 is 28.0 Å². The van der Waals surface area contributed by atoms with Crippen LogP contribution >= 0.6 is 0 Å². The van der Waals surface area contributed by atoms with Crippen LogP contribution in [0.3, 0.4) is 0 Å². The highest BCUT2D eigenvalue weighted by Crippen LogP contribution is 2.27. The van der Waals surface area contributed by atoms with Gasteiger partial charge in [-0.3, -0.25) is 4.79 Å². The minimum absolute atomic E-state index is 0.0299. The van der Waals surface area contributed by atoms with Gasteiger partial charge in [0.15, 0.2) is 6.10 Å². The van der Waals surface area contributed by atoms with E-state index >= 15 is 0 Å². The second-order valence-corrected chi connectivity index (χ2v) is 10.1. The summed E-state index contributed by atoms with van der Waals surface area (Å²) in [6, 6.07) is 15.5. The van der Waals surface area contributed by atoms with E-state index in [-0.39, 0.29) is 4.90 Å². The molecule has 1 saturated heterocycles. The molecular weight excluding hydrogens is 468 g/mol. The first kappa shape index (κ1) is 24.6. The third-order valence-corrected chi connectivity index (χ3v) is 6.88. The molecule has 0 bridgehead atoms. The predicted molar refractivity (Wildman–Crippen MR) is 133 cm³/mol. The van der Waals surface area contributed by atoms with Crippen molar-refractivity contribution in [3.05, 3.63) is 65.7 Å². The summed E-state index contributed by atoms with van der Waals surface area (Å²) in [6.07, 6.45) is 1.55. The molecule has 10 heteroatoms. The maximum Gasteiger partial charge on any atom is 0.342 e. The van der Waals surface area contributed by atoms with Crippen molar-refractivity contribution < 1.29 is 22.7 Å². The number of aromatic nitrogens is 1. The number of esters is 1. The molecule has 4 rings (SSSR count). The molecule has 0 radical (unpaired) electrons. The van der Waals surface area contributed by atoms with Crippen molar-refractivity contribution in [1.82, 2.24) is 10.3 Å². The molecular formula is C25H28N4O5S. The normalized spacial score (nSPS) is 14.6. The number of sulfonamides is 1. The monoisotopic (exact) mass is 496 g/mol. The van der Waals surface area contributed by atoms with Crippen molar-refractivity contribution in [3.8, 4) is 0 Å². The Kier molecular flexibility index (Phi) is 7.32. The number of anilines is 1. The summed E-state index contributed by atoms with van der Waals surface area (Å²) in [5, 5.41) is 8.67. The Morgan fingerprint density at radius 1 is 1.11 bits per heavy atom. The Bertz CT molecular complexity index is 1340. The number of hydrogen-bond donors (Lipinski definition) is 2. The molecule has 3 N–H and O–H groups in total. The number of nitrogens with two attached hydrogens (primary N) is 1. The first-order valence-corrected chi connectivity index (χ1v) is 13.0. The molecule has 9 nitrogen and oxygen atoms in total. The number of rotatable bonds is 8. The fraction of sp³-hybridized carbons (Fsp3) is 0.320. The second kappa shape index (κ2) is 10.4. The first-order valence-electron chi connectivity index (χ1n) is 11.5. The van der Waals surface area contributed by atoms with Crippen LogP contribution < -0.4 is 15.4 Å². The highest BCUT2D eigenvalue weighted by atomic mass is 32.2. The largest absolute Gasteiger partial charge is 0.449 e. The van der Waals surface area contributed by atoms with Gasteiger partial charge in [0.2, 0.25) is 10.0 Å². The number of primary sulfonamides is 1. The Morgan fingerprint density at radius 2 is 1.80 bits per heavy atom. The van der Waals surface area contributed by atoms with Crippen LogP contribution in [0.25, 0.3) is 10.9 Å².